The smallest absolute Gasteiger partial charge is 0.126 e. The highest BCUT2D eigenvalue weighted by molar-refractivity contribution is 5.82. The molecule has 0 aliphatic heterocycles. The molecule has 0 aliphatic carbocycles. The van der Waals surface area contributed by atoms with E-state index in [-0.39, 0.29) is 6.04 Å². The zero-order valence-corrected chi connectivity index (χ0v) is 17.6. The maximum Gasteiger partial charge on any atom is 0.126 e. The number of ether oxygens (including phenoxy) is 2. The second kappa shape index (κ2) is 8.97. The molecule has 4 aromatic rings. The molecule has 0 unspecified atom stereocenters. The number of aromatic nitrogens is 1. The molecule has 1 heterocycles. The summed E-state index contributed by atoms with van der Waals surface area (Å²) in [5, 5.41) is 4.80. The maximum atomic E-state index is 5.59. The van der Waals surface area contributed by atoms with Crippen LogP contribution in [0.25, 0.3) is 22.0 Å². The van der Waals surface area contributed by atoms with Crippen molar-refractivity contribution >= 4 is 10.9 Å². The molecule has 0 saturated carbocycles. The summed E-state index contributed by atoms with van der Waals surface area (Å²) in [6, 6.07) is 24.9. The zero-order valence-electron chi connectivity index (χ0n) is 17.6. The first-order valence-electron chi connectivity index (χ1n) is 10.1. The topological polar surface area (TPSA) is 43.4 Å². The Balaban J connectivity index is 1.56. The molecule has 4 nitrogen and oxygen atoms in total. The molecule has 3 aromatic carbocycles. The summed E-state index contributed by atoms with van der Waals surface area (Å²) in [6.45, 7) is 2.93. The highest BCUT2D eigenvalue weighted by Gasteiger charge is 2.12. The number of pyridine rings is 1. The van der Waals surface area contributed by atoms with Crippen molar-refractivity contribution in [2.45, 2.75) is 19.5 Å². The fourth-order valence-electron chi connectivity index (χ4n) is 3.72. The first-order chi connectivity index (χ1) is 14.7. The third-order valence-electron chi connectivity index (χ3n) is 5.41. The van der Waals surface area contributed by atoms with Crippen LogP contribution in [0.15, 0.2) is 79.0 Å². The van der Waals surface area contributed by atoms with E-state index in [9.17, 15) is 0 Å². The summed E-state index contributed by atoms with van der Waals surface area (Å²) >= 11 is 0. The van der Waals surface area contributed by atoms with Gasteiger partial charge in [-0.25, -0.2) is 0 Å². The van der Waals surface area contributed by atoms with Crippen LogP contribution in [-0.2, 0) is 6.54 Å². The lowest BCUT2D eigenvalue weighted by Crippen LogP contribution is -2.18. The minimum Gasteiger partial charge on any atom is -0.497 e. The van der Waals surface area contributed by atoms with Gasteiger partial charge in [0, 0.05) is 29.7 Å². The number of rotatable bonds is 7. The lowest BCUT2D eigenvalue weighted by molar-refractivity contribution is 0.414. The Hall–Kier alpha value is -3.37. The van der Waals surface area contributed by atoms with Gasteiger partial charge in [-0.2, -0.15) is 0 Å². The first kappa shape index (κ1) is 19.9. The number of methoxy groups -OCH3 is 2. The number of fused-ring (bicyclic) bond motifs is 1. The van der Waals surface area contributed by atoms with Crippen molar-refractivity contribution in [3.8, 4) is 22.6 Å². The predicted octanol–water partition coefficient (Wildman–Crippen LogP) is 5.77. The van der Waals surface area contributed by atoms with Gasteiger partial charge in [0.25, 0.3) is 0 Å². The summed E-state index contributed by atoms with van der Waals surface area (Å²) in [5.41, 5.74) is 5.62. The molecule has 0 saturated heterocycles. The number of benzene rings is 3. The number of nitrogens with one attached hydrogen (secondary N) is 1. The lowest BCUT2D eigenvalue weighted by Gasteiger charge is -2.17. The van der Waals surface area contributed by atoms with Crippen LogP contribution in [-0.4, -0.2) is 19.2 Å². The number of nitrogens with zero attached hydrogens (tertiary/aromatic N) is 1. The van der Waals surface area contributed by atoms with Crippen molar-refractivity contribution in [2.24, 2.45) is 0 Å². The zero-order chi connectivity index (χ0) is 20.9. The van der Waals surface area contributed by atoms with E-state index in [0.29, 0.717) is 0 Å². The van der Waals surface area contributed by atoms with E-state index < -0.39 is 0 Å². The van der Waals surface area contributed by atoms with Crippen LogP contribution >= 0.6 is 0 Å². The number of hydrogen-bond acceptors (Lipinski definition) is 4. The average Bonchev–Trinajstić information content (AvgIpc) is 2.82. The van der Waals surface area contributed by atoms with Gasteiger partial charge in [0.2, 0.25) is 0 Å². The summed E-state index contributed by atoms with van der Waals surface area (Å²) in [5.74, 6) is 1.70. The molecule has 0 bridgehead atoms. The van der Waals surface area contributed by atoms with Crippen molar-refractivity contribution in [3.05, 3.63) is 90.1 Å². The molecule has 30 heavy (non-hydrogen) atoms. The standard InChI is InChI=1S/C26H26N2O2/c1-18(23-8-4-6-21-7-5-15-27-26(21)23)28-17-19-9-14-25(30-3)24(16-19)20-10-12-22(29-2)13-11-20/h4-16,18,28H,17H2,1-3H3/t18-/m0/s1. The summed E-state index contributed by atoms with van der Waals surface area (Å²) < 4.78 is 10.9. The van der Waals surface area contributed by atoms with Gasteiger partial charge in [-0.05, 0) is 53.9 Å². The van der Waals surface area contributed by atoms with Gasteiger partial charge in [0.05, 0.1) is 19.7 Å². The quantitative estimate of drug-likeness (QED) is 0.429. The fraction of sp³-hybridized carbons (Fsp3) is 0.192. The van der Waals surface area contributed by atoms with Crippen LogP contribution in [0.3, 0.4) is 0 Å². The van der Waals surface area contributed by atoms with Gasteiger partial charge in [-0.1, -0.05) is 42.5 Å². The van der Waals surface area contributed by atoms with E-state index in [2.05, 4.69) is 65.8 Å². The Labute approximate surface area is 177 Å². The Morgan fingerprint density at radius 3 is 2.47 bits per heavy atom. The average molecular weight is 399 g/mol. The Kier molecular flexibility index (Phi) is 5.96. The van der Waals surface area contributed by atoms with E-state index in [1.807, 2.05) is 30.5 Å². The predicted molar refractivity (Wildman–Crippen MR) is 122 cm³/mol. The number of hydrogen-bond donors (Lipinski definition) is 1. The molecule has 1 N–H and O–H groups in total. The normalized spacial score (nSPS) is 12.0. The summed E-state index contributed by atoms with van der Waals surface area (Å²) in [4.78, 5) is 4.58. The van der Waals surface area contributed by atoms with Crippen LogP contribution in [0.4, 0.5) is 0 Å². The fourth-order valence-corrected chi connectivity index (χ4v) is 3.72. The molecule has 1 atom stereocenters. The molecule has 0 amide bonds. The van der Waals surface area contributed by atoms with Crippen LogP contribution in [0.1, 0.15) is 24.1 Å². The van der Waals surface area contributed by atoms with Crippen molar-refractivity contribution in [1.82, 2.24) is 10.3 Å². The minimum atomic E-state index is 0.176. The van der Waals surface area contributed by atoms with E-state index >= 15 is 0 Å². The minimum absolute atomic E-state index is 0.176. The second-order valence-corrected chi connectivity index (χ2v) is 7.29. The monoisotopic (exact) mass is 398 g/mol. The van der Waals surface area contributed by atoms with Crippen molar-refractivity contribution < 1.29 is 9.47 Å². The van der Waals surface area contributed by atoms with Gasteiger partial charge in [-0.15, -0.1) is 0 Å². The summed E-state index contributed by atoms with van der Waals surface area (Å²) in [7, 11) is 3.38. The van der Waals surface area contributed by atoms with Crippen molar-refractivity contribution in [3.63, 3.8) is 0 Å². The third-order valence-corrected chi connectivity index (χ3v) is 5.41. The van der Waals surface area contributed by atoms with Gasteiger partial charge < -0.3 is 14.8 Å². The summed E-state index contributed by atoms with van der Waals surface area (Å²) in [6.07, 6.45) is 1.85. The van der Waals surface area contributed by atoms with E-state index in [1.165, 1.54) is 11.1 Å². The SMILES string of the molecule is COc1ccc(-c2cc(CN[C@@H](C)c3cccc4cccnc34)ccc2OC)cc1. The van der Waals surface area contributed by atoms with E-state index in [1.54, 1.807) is 14.2 Å². The van der Waals surface area contributed by atoms with Crippen LogP contribution in [0.2, 0.25) is 0 Å². The van der Waals surface area contributed by atoms with Crippen LogP contribution in [0.5, 0.6) is 11.5 Å². The molecule has 0 aliphatic rings. The van der Waals surface area contributed by atoms with Gasteiger partial charge in [-0.3, -0.25) is 4.98 Å². The molecule has 4 heteroatoms. The van der Waals surface area contributed by atoms with Crippen molar-refractivity contribution in [2.75, 3.05) is 14.2 Å². The van der Waals surface area contributed by atoms with Gasteiger partial charge >= 0.3 is 0 Å². The molecular weight excluding hydrogens is 372 g/mol. The van der Waals surface area contributed by atoms with Gasteiger partial charge in [0.15, 0.2) is 0 Å². The Morgan fingerprint density at radius 1 is 0.900 bits per heavy atom. The van der Waals surface area contributed by atoms with Crippen LogP contribution < -0.4 is 14.8 Å². The van der Waals surface area contributed by atoms with E-state index in [0.717, 1.165) is 40.1 Å². The molecule has 0 radical (unpaired) electrons. The third kappa shape index (κ3) is 4.14. The molecule has 0 spiro atoms. The molecule has 4 rings (SSSR count). The maximum absolute atomic E-state index is 5.59. The highest BCUT2D eigenvalue weighted by atomic mass is 16.5. The van der Waals surface area contributed by atoms with Gasteiger partial charge in [0.1, 0.15) is 11.5 Å². The van der Waals surface area contributed by atoms with E-state index in [4.69, 9.17) is 9.47 Å². The highest BCUT2D eigenvalue weighted by Crippen LogP contribution is 2.32. The lowest BCUT2D eigenvalue weighted by atomic mass is 10.0. The first-order valence-corrected chi connectivity index (χ1v) is 10.1. The molecular formula is C26H26N2O2. The second-order valence-electron chi connectivity index (χ2n) is 7.29. The molecule has 1 aromatic heterocycles. The Morgan fingerprint density at radius 2 is 1.70 bits per heavy atom. The number of para-hydroxylation sites is 1. The molecule has 152 valence electrons. The molecule has 0 fully saturated rings. The largest absolute Gasteiger partial charge is 0.497 e. The Bertz CT molecular complexity index is 1130. The van der Waals surface area contributed by atoms with Crippen molar-refractivity contribution in [1.29, 1.82) is 0 Å². The van der Waals surface area contributed by atoms with Crippen LogP contribution in [0, 0.1) is 0 Å².